The Labute approximate surface area is 144 Å². The van der Waals surface area contributed by atoms with Gasteiger partial charge < -0.3 is 0 Å². The topological polar surface area (TPSA) is 16.1 Å². The summed E-state index contributed by atoms with van der Waals surface area (Å²) in [5.74, 6) is 0. The van der Waals surface area contributed by atoms with Crippen LogP contribution >= 0.6 is 39.9 Å². The van der Waals surface area contributed by atoms with Crippen molar-refractivity contribution in [2.45, 2.75) is 11.8 Å². The third-order valence-electron chi connectivity index (χ3n) is 4.34. The van der Waals surface area contributed by atoms with Crippen molar-refractivity contribution < 1.29 is 0 Å². The minimum atomic E-state index is 0. The second-order valence-corrected chi connectivity index (χ2v) is 7.29. The van der Waals surface area contributed by atoms with Crippen LogP contribution in [0.2, 0.25) is 4.34 Å². The molecule has 0 radical (unpaired) electrons. The van der Waals surface area contributed by atoms with Crippen LogP contribution in [0.5, 0.6) is 0 Å². The lowest BCUT2D eigenvalue weighted by Crippen LogP contribution is -2.33. The summed E-state index contributed by atoms with van der Waals surface area (Å²) in [6.07, 6.45) is 7.93. The van der Waals surface area contributed by atoms with E-state index in [1.165, 1.54) is 18.5 Å². The summed E-state index contributed by atoms with van der Waals surface area (Å²) in [5.41, 5.74) is 2.54. The quantitative estimate of drug-likeness (QED) is 0.707. The fraction of sp³-hybridized carbons (Fsp3) is 0.312. The summed E-state index contributed by atoms with van der Waals surface area (Å²) in [5, 5.41) is 0. The Morgan fingerprint density at radius 1 is 1.24 bits per heavy atom. The summed E-state index contributed by atoms with van der Waals surface area (Å²) >= 11 is 7.57. The van der Waals surface area contributed by atoms with E-state index in [1.807, 2.05) is 18.3 Å². The fourth-order valence-corrected chi connectivity index (χ4v) is 4.27. The zero-order valence-corrected chi connectivity index (χ0v) is 14.7. The second kappa shape index (κ2) is 5.84. The van der Waals surface area contributed by atoms with Gasteiger partial charge in [-0.2, -0.15) is 0 Å². The van der Waals surface area contributed by atoms with E-state index in [9.17, 15) is 0 Å². The van der Waals surface area contributed by atoms with Crippen LogP contribution in [-0.4, -0.2) is 29.5 Å². The van der Waals surface area contributed by atoms with E-state index < -0.39 is 0 Å². The highest BCUT2D eigenvalue weighted by molar-refractivity contribution is 8.93. The van der Waals surface area contributed by atoms with Gasteiger partial charge in [0.1, 0.15) is 0 Å². The lowest BCUT2D eigenvalue weighted by molar-refractivity contribution is 0.345. The molecule has 4 heterocycles. The first kappa shape index (κ1) is 15.2. The van der Waals surface area contributed by atoms with E-state index in [1.54, 1.807) is 11.3 Å². The Balaban J connectivity index is 0.00000132. The molecule has 0 aliphatic carbocycles. The molecule has 2 unspecified atom stereocenters. The molecule has 5 heteroatoms. The van der Waals surface area contributed by atoms with Crippen molar-refractivity contribution in [1.29, 1.82) is 0 Å². The average molecular weight is 384 g/mol. The smallest absolute Gasteiger partial charge is 0.0935 e. The van der Waals surface area contributed by atoms with Gasteiger partial charge in [-0.05, 0) is 36.7 Å². The number of hydrogen-bond acceptors (Lipinski definition) is 3. The van der Waals surface area contributed by atoms with E-state index in [0.717, 1.165) is 28.0 Å². The van der Waals surface area contributed by atoms with Gasteiger partial charge in [0.15, 0.2) is 0 Å². The first-order valence-electron chi connectivity index (χ1n) is 6.88. The largest absolute Gasteiger partial charge is 0.298 e. The van der Waals surface area contributed by atoms with Gasteiger partial charge in [0.05, 0.1) is 14.9 Å². The molecular formula is C16H16BrClN2S. The maximum atomic E-state index is 5.99. The van der Waals surface area contributed by atoms with Crippen molar-refractivity contribution in [2.75, 3.05) is 19.6 Å². The highest BCUT2D eigenvalue weighted by Crippen LogP contribution is 2.39. The molecule has 1 saturated heterocycles. The molecule has 0 N–H and O–H groups in total. The Kier molecular flexibility index (Phi) is 4.23. The molecule has 2 aromatic heterocycles. The van der Waals surface area contributed by atoms with Gasteiger partial charge in [0.25, 0.3) is 0 Å². The van der Waals surface area contributed by atoms with Crippen molar-refractivity contribution in [3.63, 3.8) is 0 Å². The number of nitrogens with zero attached hydrogens (tertiary/aromatic N) is 2. The Morgan fingerprint density at radius 3 is 2.86 bits per heavy atom. The molecule has 0 aromatic carbocycles. The Bertz CT molecular complexity index is 667. The second-order valence-electron chi connectivity index (χ2n) is 5.58. The number of thiophene rings is 1. The van der Waals surface area contributed by atoms with Crippen molar-refractivity contribution in [1.82, 2.24) is 9.88 Å². The molecule has 21 heavy (non-hydrogen) atoms. The predicted molar refractivity (Wildman–Crippen MR) is 94.8 cm³/mol. The molecule has 0 saturated carbocycles. The first-order valence-corrected chi connectivity index (χ1v) is 8.07. The van der Waals surface area contributed by atoms with Crippen LogP contribution in [0.3, 0.4) is 0 Å². The maximum Gasteiger partial charge on any atom is 0.0935 e. The van der Waals surface area contributed by atoms with Gasteiger partial charge in [-0.15, -0.1) is 28.3 Å². The Morgan fingerprint density at radius 2 is 2.14 bits per heavy atom. The van der Waals surface area contributed by atoms with Crippen molar-refractivity contribution in [3.05, 3.63) is 52.5 Å². The normalized spacial score (nSPS) is 26.6. The number of rotatable bonds is 2. The molecule has 4 rings (SSSR count). The predicted octanol–water partition coefficient (Wildman–Crippen LogP) is 4.55. The van der Waals surface area contributed by atoms with Crippen molar-refractivity contribution >= 4 is 39.9 Å². The van der Waals surface area contributed by atoms with Crippen LogP contribution in [0.15, 0.2) is 42.6 Å². The SMILES string of the molecule is Br.Clc1ccc(-c2ccc(C34C=CCN(CC3)C4)cn2)s1. The van der Waals surface area contributed by atoms with Gasteiger partial charge >= 0.3 is 0 Å². The standard InChI is InChI=1S/C16H15ClN2S.BrH/c17-15-5-4-14(20-15)13-3-2-12(10-18-13)16-6-1-8-19(11-16)9-7-16;/h1-6,10H,7-9,11H2;1H. The molecule has 110 valence electrons. The fourth-order valence-electron chi connectivity index (χ4n) is 3.25. The molecule has 0 amide bonds. The van der Waals surface area contributed by atoms with Gasteiger partial charge in [-0.25, -0.2) is 0 Å². The zero-order chi connectivity index (χ0) is 13.6. The minimum Gasteiger partial charge on any atom is -0.298 e. The van der Waals surface area contributed by atoms with Crippen LogP contribution in [0.25, 0.3) is 10.6 Å². The van der Waals surface area contributed by atoms with E-state index in [2.05, 4.69) is 34.2 Å². The van der Waals surface area contributed by atoms with Crippen LogP contribution < -0.4 is 0 Å². The molecular weight excluding hydrogens is 368 g/mol. The van der Waals surface area contributed by atoms with Crippen molar-refractivity contribution in [2.24, 2.45) is 0 Å². The number of pyridine rings is 1. The number of aromatic nitrogens is 1. The molecule has 2 aromatic rings. The monoisotopic (exact) mass is 382 g/mol. The summed E-state index contributed by atoms with van der Waals surface area (Å²) in [4.78, 5) is 8.29. The van der Waals surface area contributed by atoms with E-state index in [0.29, 0.717) is 0 Å². The number of fused-ring (bicyclic) bond motifs is 2. The van der Waals surface area contributed by atoms with Gasteiger partial charge in [-0.3, -0.25) is 9.88 Å². The molecule has 2 atom stereocenters. The lowest BCUT2D eigenvalue weighted by atomic mass is 9.79. The summed E-state index contributed by atoms with van der Waals surface area (Å²) in [6, 6.07) is 8.31. The summed E-state index contributed by atoms with van der Waals surface area (Å²) < 4.78 is 0.811. The third kappa shape index (κ3) is 2.70. The lowest BCUT2D eigenvalue weighted by Gasteiger charge is -2.29. The van der Waals surface area contributed by atoms with Crippen LogP contribution in [0.4, 0.5) is 0 Å². The van der Waals surface area contributed by atoms with Gasteiger partial charge in [0, 0.05) is 24.7 Å². The van der Waals surface area contributed by atoms with Gasteiger partial charge in [0.2, 0.25) is 0 Å². The number of halogens is 2. The van der Waals surface area contributed by atoms with Crippen LogP contribution in [0, 0.1) is 0 Å². The highest BCUT2D eigenvalue weighted by atomic mass is 79.9. The Hall–Kier alpha value is -0.680. The number of hydrogen-bond donors (Lipinski definition) is 0. The zero-order valence-electron chi connectivity index (χ0n) is 11.5. The molecule has 2 aliphatic heterocycles. The summed E-state index contributed by atoms with van der Waals surface area (Å²) in [6.45, 7) is 3.42. The minimum absolute atomic E-state index is 0. The maximum absolute atomic E-state index is 5.99. The van der Waals surface area contributed by atoms with Crippen molar-refractivity contribution in [3.8, 4) is 10.6 Å². The molecule has 2 bridgehead atoms. The van der Waals surface area contributed by atoms with Crippen LogP contribution in [-0.2, 0) is 5.41 Å². The van der Waals surface area contributed by atoms with E-state index in [4.69, 9.17) is 11.6 Å². The average Bonchev–Trinajstić information content (AvgIpc) is 3.04. The molecule has 1 fully saturated rings. The van der Waals surface area contributed by atoms with Gasteiger partial charge in [-0.1, -0.05) is 29.8 Å². The highest BCUT2D eigenvalue weighted by Gasteiger charge is 2.39. The van der Waals surface area contributed by atoms with E-state index >= 15 is 0 Å². The summed E-state index contributed by atoms with van der Waals surface area (Å²) in [7, 11) is 0. The third-order valence-corrected chi connectivity index (χ3v) is 5.60. The van der Waals surface area contributed by atoms with E-state index in [-0.39, 0.29) is 22.4 Å². The molecule has 2 nitrogen and oxygen atoms in total. The molecule has 0 spiro atoms. The molecule has 2 aliphatic rings. The first-order chi connectivity index (χ1) is 9.75. The van der Waals surface area contributed by atoms with Crippen LogP contribution in [0.1, 0.15) is 12.0 Å².